The average molecular weight is 170 g/mol. The molecule has 0 amide bonds. The van der Waals surface area contributed by atoms with Crippen LogP contribution in [-0.2, 0) is 14.3 Å². The molecule has 2 atom stereocenters. The number of Topliss-reactive ketones (excluding diaryl/α,β-unsaturated/α-hetero) is 1. The lowest BCUT2D eigenvalue weighted by molar-refractivity contribution is -0.146. The van der Waals surface area contributed by atoms with Gasteiger partial charge in [-0.3, -0.25) is 9.59 Å². The van der Waals surface area contributed by atoms with E-state index in [1.807, 2.05) is 6.92 Å². The van der Waals surface area contributed by atoms with Crippen LogP contribution in [0, 0.1) is 5.92 Å². The zero-order valence-corrected chi connectivity index (χ0v) is 7.50. The molecule has 1 rings (SSSR count). The van der Waals surface area contributed by atoms with E-state index in [2.05, 4.69) is 0 Å². The molecule has 0 saturated carbocycles. The second-order valence-electron chi connectivity index (χ2n) is 3.25. The van der Waals surface area contributed by atoms with Gasteiger partial charge in [-0.25, -0.2) is 0 Å². The highest BCUT2D eigenvalue weighted by Gasteiger charge is 2.36. The summed E-state index contributed by atoms with van der Waals surface area (Å²) in [4.78, 5) is 22.0. The Labute approximate surface area is 72.1 Å². The SMILES string of the molecule is CCCC1CC(C(C)=O)C(=O)O1. The van der Waals surface area contributed by atoms with Crippen LogP contribution >= 0.6 is 0 Å². The molecule has 0 aromatic heterocycles. The molecular formula is C9H14O3. The van der Waals surface area contributed by atoms with Gasteiger partial charge in [-0.15, -0.1) is 0 Å². The van der Waals surface area contributed by atoms with Crippen LogP contribution in [0.25, 0.3) is 0 Å². The molecule has 0 aliphatic carbocycles. The van der Waals surface area contributed by atoms with Gasteiger partial charge in [-0.05, 0) is 13.3 Å². The van der Waals surface area contributed by atoms with Crippen LogP contribution in [0.15, 0.2) is 0 Å². The van der Waals surface area contributed by atoms with Gasteiger partial charge in [0, 0.05) is 6.42 Å². The van der Waals surface area contributed by atoms with Crippen molar-refractivity contribution in [3.8, 4) is 0 Å². The molecule has 0 bridgehead atoms. The third kappa shape index (κ3) is 1.84. The topological polar surface area (TPSA) is 43.4 Å². The lowest BCUT2D eigenvalue weighted by Gasteiger charge is -2.04. The first kappa shape index (κ1) is 9.23. The standard InChI is InChI=1S/C9H14O3/c1-3-4-7-5-8(6(2)10)9(11)12-7/h7-8H,3-5H2,1-2H3. The summed E-state index contributed by atoms with van der Waals surface area (Å²) in [7, 11) is 0. The Morgan fingerprint density at radius 1 is 1.67 bits per heavy atom. The molecule has 1 saturated heterocycles. The highest BCUT2D eigenvalue weighted by molar-refractivity contribution is 5.98. The Balaban J connectivity index is 2.50. The smallest absolute Gasteiger partial charge is 0.316 e. The van der Waals surface area contributed by atoms with E-state index >= 15 is 0 Å². The summed E-state index contributed by atoms with van der Waals surface area (Å²) in [6.07, 6.45) is 2.43. The summed E-state index contributed by atoms with van der Waals surface area (Å²) >= 11 is 0. The van der Waals surface area contributed by atoms with Gasteiger partial charge in [0.05, 0.1) is 0 Å². The molecule has 3 heteroatoms. The molecule has 2 unspecified atom stereocenters. The second-order valence-corrected chi connectivity index (χ2v) is 3.25. The van der Waals surface area contributed by atoms with Gasteiger partial charge in [0.1, 0.15) is 17.8 Å². The van der Waals surface area contributed by atoms with E-state index < -0.39 is 5.92 Å². The Morgan fingerprint density at radius 2 is 2.33 bits per heavy atom. The Hall–Kier alpha value is -0.860. The highest BCUT2D eigenvalue weighted by atomic mass is 16.6. The molecule has 0 N–H and O–H groups in total. The van der Waals surface area contributed by atoms with E-state index in [0.29, 0.717) is 6.42 Å². The molecule has 68 valence electrons. The number of cyclic esters (lactones) is 1. The molecule has 1 aliphatic heterocycles. The molecule has 12 heavy (non-hydrogen) atoms. The van der Waals surface area contributed by atoms with Crippen molar-refractivity contribution in [1.82, 2.24) is 0 Å². The van der Waals surface area contributed by atoms with Crippen LogP contribution in [0.1, 0.15) is 33.1 Å². The van der Waals surface area contributed by atoms with Gasteiger partial charge >= 0.3 is 5.97 Å². The van der Waals surface area contributed by atoms with Gasteiger partial charge in [0.25, 0.3) is 0 Å². The first-order chi connectivity index (χ1) is 5.65. The van der Waals surface area contributed by atoms with Crippen molar-refractivity contribution in [3.63, 3.8) is 0 Å². The number of carbonyl (C=O) groups excluding carboxylic acids is 2. The normalized spacial score (nSPS) is 28.7. The molecule has 1 heterocycles. The van der Waals surface area contributed by atoms with Crippen molar-refractivity contribution in [3.05, 3.63) is 0 Å². The van der Waals surface area contributed by atoms with E-state index in [9.17, 15) is 9.59 Å². The van der Waals surface area contributed by atoms with Crippen molar-refractivity contribution in [2.75, 3.05) is 0 Å². The van der Waals surface area contributed by atoms with Gasteiger partial charge in [0.2, 0.25) is 0 Å². The van der Waals surface area contributed by atoms with Gasteiger partial charge in [-0.2, -0.15) is 0 Å². The number of hydrogen-bond donors (Lipinski definition) is 0. The Kier molecular flexibility index (Phi) is 2.84. The van der Waals surface area contributed by atoms with Crippen LogP contribution in [0.2, 0.25) is 0 Å². The fourth-order valence-corrected chi connectivity index (χ4v) is 1.48. The highest BCUT2D eigenvalue weighted by Crippen LogP contribution is 2.24. The first-order valence-electron chi connectivity index (χ1n) is 4.36. The number of carbonyl (C=O) groups is 2. The van der Waals surface area contributed by atoms with Crippen molar-refractivity contribution in [1.29, 1.82) is 0 Å². The summed E-state index contributed by atoms with van der Waals surface area (Å²) in [5, 5.41) is 0. The lowest BCUT2D eigenvalue weighted by Crippen LogP contribution is -2.15. The van der Waals surface area contributed by atoms with E-state index in [-0.39, 0.29) is 17.9 Å². The third-order valence-corrected chi connectivity index (χ3v) is 2.17. The van der Waals surface area contributed by atoms with Crippen molar-refractivity contribution in [2.45, 2.75) is 39.2 Å². The van der Waals surface area contributed by atoms with Gasteiger partial charge in [-0.1, -0.05) is 13.3 Å². The average Bonchev–Trinajstić information content (AvgIpc) is 2.32. The predicted octanol–water partition coefficient (Wildman–Crippen LogP) is 1.31. The monoisotopic (exact) mass is 170 g/mol. The summed E-state index contributed by atoms with van der Waals surface area (Å²) in [5.41, 5.74) is 0. The molecule has 0 aromatic rings. The van der Waals surface area contributed by atoms with E-state index in [1.165, 1.54) is 6.92 Å². The predicted molar refractivity (Wildman–Crippen MR) is 43.6 cm³/mol. The van der Waals surface area contributed by atoms with Crippen molar-refractivity contribution in [2.24, 2.45) is 5.92 Å². The van der Waals surface area contributed by atoms with Crippen LogP contribution in [0.4, 0.5) is 0 Å². The number of hydrogen-bond acceptors (Lipinski definition) is 3. The summed E-state index contributed by atoms with van der Waals surface area (Å²) in [6, 6.07) is 0. The molecular weight excluding hydrogens is 156 g/mol. The van der Waals surface area contributed by atoms with E-state index in [0.717, 1.165) is 12.8 Å². The zero-order chi connectivity index (χ0) is 9.14. The van der Waals surface area contributed by atoms with Crippen molar-refractivity contribution < 1.29 is 14.3 Å². The summed E-state index contributed by atoms with van der Waals surface area (Å²) < 4.78 is 5.02. The van der Waals surface area contributed by atoms with Crippen LogP contribution in [-0.4, -0.2) is 17.9 Å². The minimum absolute atomic E-state index is 0.0172. The van der Waals surface area contributed by atoms with Crippen LogP contribution < -0.4 is 0 Å². The van der Waals surface area contributed by atoms with Crippen LogP contribution in [0.5, 0.6) is 0 Å². The molecule has 0 aromatic carbocycles. The first-order valence-corrected chi connectivity index (χ1v) is 4.36. The lowest BCUT2D eigenvalue weighted by atomic mass is 9.99. The molecule has 0 spiro atoms. The minimum Gasteiger partial charge on any atom is -0.462 e. The second kappa shape index (κ2) is 3.70. The molecule has 0 radical (unpaired) electrons. The minimum atomic E-state index is -0.485. The fourth-order valence-electron chi connectivity index (χ4n) is 1.48. The number of esters is 1. The maximum Gasteiger partial charge on any atom is 0.316 e. The summed E-state index contributed by atoms with van der Waals surface area (Å²) in [5.74, 6) is -0.888. The van der Waals surface area contributed by atoms with Gasteiger partial charge < -0.3 is 4.74 Å². The van der Waals surface area contributed by atoms with E-state index in [4.69, 9.17) is 4.74 Å². The largest absolute Gasteiger partial charge is 0.462 e. The number of ether oxygens (including phenoxy) is 1. The number of ketones is 1. The molecule has 1 aliphatic rings. The van der Waals surface area contributed by atoms with Crippen molar-refractivity contribution >= 4 is 11.8 Å². The van der Waals surface area contributed by atoms with E-state index in [1.54, 1.807) is 0 Å². The quantitative estimate of drug-likeness (QED) is 0.473. The maximum atomic E-state index is 11.1. The molecule has 1 fully saturated rings. The Bertz CT molecular complexity index is 198. The maximum absolute atomic E-state index is 11.1. The number of rotatable bonds is 3. The third-order valence-electron chi connectivity index (χ3n) is 2.17. The summed E-state index contributed by atoms with van der Waals surface area (Å²) in [6.45, 7) is 3.48. The van der Waals surface area contributed by atoms with Gasteiger partial charge in [0.15, 0.2) is 0 Å². The molecule has 3 nitrogen and oxygen atoms in total. The fraction of sp³-hybridized carbons (Fsp3) is 0.778. The van der Waals surface area contributed by atoms with Crippen LogP contribution in [0.3, 0.4) is 0 Å². The zero-order valence-electron chi connectivity index (χ0n) is 7.50. The Morgan fingerprint density at radius 3 is 2.75 bits per heavy atom.